The van der Waals surface area contributed by atoms with E-state index >= 15 is 0 Å². The molecule has 2 N–H and O–H groups in total. The minimum absolute atomic E-state index is 0.0680. The Bertz CT molecular complexity index is 694. The number of aromatic nitrogens is 3. The number of rotatable bonds is 6. The van der Waals surface area contributed by atoms with Crippen LogP contribution in [0.5, 0.6) is 0 Å². The van der Waals surface area contributed by atoms with Crippen LogP contribution in [-0.2, 0) is 24.2 Å². The topological polar surface area (TPSA) is 97.1 Å². The van der Waals surface area contributed by atoms with Crippen LogP contribution in [-0.4, -0.2) is 32.0 Å². The van der Waals surface area contributed by atoms with Gasteiger partial charge in [-0.25, -0.2) is 9.48 Å². The molecule has 0 spiro atoms. The lowest BCUT2D eigenvalue weighted by molar-refractivity contribution is -0.117. The van der Waals surface area contributed by atoms with E-state index in [1.54, 1.807) is 6.92 Å². The summed E-state index contributed by atoms with van der Waals surface area (Å²) in [5, 5.41) is 19.2. The summed E-state index contributed by atoms with van der Waals surface area (Å²) in [6, 6.07) is 7.55. The highest BCUT2D eigenvalue weighted by molar-refractivity contribution is 5.91. The third kappa shape index (κ3) is 3.30. The van der Waals surface area contributed by atoms with Gasteiger partial charge in [0.05, 0.1) is 5.69 Å². The maximum absolute atomic E-state index is 12.2. The van der Waals surface area contributed by atoms with E-state index in [0.29, 0.717) is 12.1 Å². The molecular formula is C15H18N4O3. The molecule has 0 fully saturated rings. The van der Waals surface area contributed by atoms with E-state index in [0.717, 1.165) is 17.7 Å². The number of carboxylic acid groups (broad SMARTS) is 1. The number of hydrogen-bond acceptors (Lipinski definition) is 4. The summed E-state index contributed by atoms with van der Waals surface area (Å²) in [5.74, 6) is -1.41. The van der Waals surface area contributed by atoms with E-state index < -0.39 is 5.97 Å². The average Bonchev–Trinajstić information content (AvgIpc) is 2.90. The molecule has 1 aromatic heterocycles. The number of nitrogens with one attached hydrogen (secondary N) is 1. The van der Waals surface area contributed by atoms with Crippen LogP contribution in [0.25, 0.3) is 0 Å². The van der Waals surface area contributed by atoms with Crippen molar-refractivity contribution in [2.45, 2.75) is 33.2 Å². The SMILES string of the molecule is CCc1ccccc1NC(=O)Cn1nnc(C(=O)O)c1CC. The Morgan fingerprint density at radius 2 is 1.95 bits per heavy atom. The van der Waals surface area contributed by atoms with Crippen molar-refractivity contribution in [3.05, 3.63) is 41.2 Å². The molecule has 7 nitrogen and oxygen atoms in total. The Balaban J connectivity index is 2.14. The quantitative estimate of drug-likeness (QED) is 0.847. The van der Waals surface area contributed by atoms with Crippen LogP contribution in [0, 0.1) is 0 Å². The van der Waals surface area contributed by atoms with Crippen molar-refractivity contribution < 1.29 is 14.7 Å². The van der Waals surface area contributed by atoms with Crippen molar-refractivity contribution in [2.75, 3.05) is 5.32 Å². The van der Waals surface area contributed by atoms with Gasteiger partial charge in [-0.2, -0.15) is 0 Å². The van der Waals surface area contributed by atoms with Crippen LogP contribution in [0.15, 0.2) is 24.3 Å². The van der Waals surface area contributed by atoms with E-state index in [2.05, 4.69) is 15.6 Å². The largest absolute Gasteiger partial charge is 0.476 e. The monoisotopic (exact) mass is 302 g/mol. The fourth-order valence-electron chi connectivity index (χ4n) is 2.25. The van der Waals surface area contributed by atoms with Gasteiger partial charge in [0.1, 0.15) is 6.54 Å². The van der Waals surface area contributed by atoms with Crippen molar-refractivity contribution in [2.24, 2.45) is 0 Å². The maximum Gasteiger partial charge on any atom is 0.358 e. The third-order valence-electron chi connectivity index (χ3n) is 3.34. The lowest BCUT2D eigenvalue weighted by atomic mass is 10.1. The highest BCUT2D eigenvalue weighted by atomic mass is 16.4. The standard InChI is InChI=1S/C15H18N4O3/c1-3-10-7-5-6-8-11(10)16-13(20)9-19-12(4-2)14(15(21)22)17-18-19/h5-8H,3-4,9H2,1-2H3,(H,16,20)(H,21,22). The van der Waals surface area contributed by atoms with E-state index in [-0.39, 0.29) is 18.1 Å². The van der Waals surface area contributed by atoms with Crippen molar-refractivity contribution in [3.63, 3.8) is 0 Å². The van der Waals surface area contributed by atoms with Crippen LogP contribution < -0.4 is 5.32 Å². The zero-order valence-corrected chi connectivity index (χ0v) is 12.5. The summed E-state index contributed by atoms with van der Waals surface area (Å²) >= 11 is 0. The van der Waals surface area contributed by atoms with E-state index in [4.69, 9.17) is 5.11 Å². The number of amides is 1. The smallest absolute Gasteiger partial charge is 0.358 e. The number of aromatic carboxylic acids is 1. The molecule has 1 amide bonds. The molecule has 7 heteroatoms. The number of carbonyl (C=O) groups is 2. The second kappa shape index (κ2) is 6.84. The summed E-state index contributed by atoms with van der Waals surface area (Å²) in [5.41, 5.74) is 2.12. The number of aryl methyl sites for hydroxylation is 1. The van der Waals surface area contributed by atoms with Gasteiger partial charge in [-0.1, -0.05) is 37.3 Å². The predicted molar refractivity (Wildman–Crippen MR) is 80.8 cm³/mol. The molecule has 0 saturated carbocycles. The molecule has 0 unspecified atom stereocenters. The molecule has 1 heterocycles. The van der Waals surface area contributed by atoms with Crippen LogP contribution in [0.4, 0.5) is 5.69 Å². The van der Waals surface area contributed by atoms with Crippen LogP contribution in [0.1, 0.15) is 35.6 Å². The lowest BCUT2D eigenvalue weighted by Crippen LogP contribution is -2.21. The third-order valence-corrected chi connectivity index (χ3v) is 3.34. The number of nitrogens with zero attached hydrogens (tertiary/aromatic N) is 3. The van der Waals surface area contributed by atoms with Gasteiger partial charge in [-0.3, -0.25) is 4.79 Å². The number of para-hydroxylation sites is 1. The first-order chi connectivity index (χ1) is 10.6. The minimum Gasteiger partial charge on any atom is -0.476 e. The van der Waals surface area contributed by atoms with Gasteiger partial charge in [0, 0.05) is 5.69 Å². The number of anilines is 1. The molecule has 2 aromatic rings. The summed E-state index contributed by atoms with van der Waals surface area (Å²) in [4.78, 5) is 23.2. The van der Waals surface area contributed by atoms with Gasteiger partial charge in [-0.05, 0) is 24.5 Å². The molecule has 0 bridgehead atoms. The Labute approximate surface area is 128 Å². The molecule has 1 aromatic carbocycles. The Morgan fingerprint density at radius 3 is 2.59 bits per heavy atom. The van der Waals surface area contributed by atoms with E-state index in [1.165, 1.54) is 4.68 Å². The first-order valence-corrected chi connectivity index (χ1v) is 7.10. The van der Waals surface area contributed by atoms with Crippen LogP contribution in [0.2, 0.25) is 0 Å². The molecule has 22 heavy (non-hydrogen) atoms. The van der Waals surface area contributed by atoms with Gasteiger partial charge >= 0.3 is 5.97 Å². The second-order valence-corrected chi connectivity index (χ2v) is 4.76. The molecule has 0 aliphatic heterocycles. The van der Waals surface area contributed by atoms with Crippen molar-refractivity contribution in [1.82, 2.24) is 15.0 Å². The zero-order chi connectivity index (χ0) is 16.1. The summed E-state index contributed by atoms with van der Waals surface area (Å²) in [6.07, 6.45) is 1.25. The second-order valence-electron chi connectivity index (χ2n) is 4.76. The van der Waals surface area contributed by atoms with Crippen molar-refractivity contribution >= 4 is 17.6 Å². The predicted octanol–water partition coefficient (Wildman–Crippen LogP) is 1.74. The highest BCUT2D eigenvalue weighted by Gasteiger charge is 2.19. The Morgan fingerprint density at radius 1 is 1.23 bits per heavy atom. The van der Waals surface area contributed by atoms with Crippen LogP contribution >= 0.6 is 0 Å². The van der Waals surface area contributed by atoms with E-state index in [9.17, 15) is 9.59 Å². The first-order valence-electron chi connectivity index (χ1n) is 7.10. The molecule has 0 aliphatic rings. The van der Waals surface area contributed by atoms with Crippen molar-refractivity contribution in [1.29, 1.82) is 0 Å². The zero-order valence-electron chi connectivity index (χ0n) is 12.5. The first kappa shape index (κ1) is 15.7. The lowest BCUT2D eigenvalue weighted by Gasteiger charge is -2.10. The summed E-state index contributed by atoms with van der Waals surface area (Å²) in [7, 11) is 0. The normalized spacial score (nSPS) is 10.5. The fourth-order valence-corrected chi connectivity index (χ4v) is 2.25. The van der Waals surface area contributed by atoms with Gasteiger partial charge < -0.3 is 10.4 Å². The molecule has 0 radical (unpaired) electrons. The molecule has 0 saturated heterocycles. The summed E-state index contributed by atoms with van der Waals surface area (Å²) in [6.45, 7) is 3.74. The fraction of sp³-hybridized carbons (Fsp3) is 0.333. The number of benzene rings is 1. The van der Waals surface area contributed by atoms with Gasteiger partial charge in [0.25, 0.3) is 0 Å². The Hall–Kier alpha value is -2.70. The number of carbonyl (C=O) groups excluding carboxylic acids is 1. The highest BCUT2D eigenvalue weighted by Crippen LogP contribution is 2.15. The number of carboxylic acids is 1. The summed E-state index contributed by atoms with van der Waals surface area (Å²) < 4.78 is 1.33. The molecule has 0 atom stereocenters. The minimum atomic E-state index is -1.14. The van der Waals surface area contributed by atoms with Crippen molar-refractivity contribution in [3.8, 4) is 0 Å². The van der Waals surface area contributed by atoms with Gasteiger partial charge in [-0.15, -0.1) is 5.10 Å². The van der Waals surface area contributed by atoms with Gasteiger partial charge in [0.2, 0.25) is 5.91 Å². The average molecular weight is 302 g/mol. The van der Waals surface area contributed by atoms with Crippen LogP contribution in [0.3, 0.4) is 0 Å². The molecule has 0 aliphatic carbocycles. The Kier molecular flexibility index (Phi) is 4.88. The number of hydrogen-bond donors (Lipinski definition) is 2. The van der Waals surface area contributed by atoms with Gasteiger partial charge in [0.15, 0.2) is 5.69 Å². The molecular weight excluding hydrogens is 284 g/mol. The maximum atomic E-state index is 12.2. The van der Waals surface area contributed by atoms with E-state index in [1.807, 2.05) is 31.2 Å². The molecule has 116 valence electrons. The molecule has 2 rings (SSSR count).